The number of esters is 1. The van der Waals surface area contributed by atoms with Crippen LogP contribution in [-0.4, -0.2) is 12.1 Å². The molecule has 0 amide bonds. The molecule has 0 radical (unpaired) electrons. The Morgan fingerprint density at radius 2 is 1.70 bits per heavy atom. The molecule has 0 aliphatic carbocycles. The van der Waals surface area contributed by atoms with Crippen molar-refractivity contribution < 1.29 is 9.53 Å². The molecule has 1 atom stereocenters. The van der Waals surface area contributed by atoms with Gasteiger partial charge in [-0.25, -0.2) is 0 Å². The monoisotopic (exact) mass is 282 g/mol. The maximum atomic E-state index is 11.6. The standard InChI is InChI=1S/C18H34O2/c1-4-6-8-10-12-13-15-17(3)20-18(19)16-14-11-9-7-5-2/h4,17H,1,5-16H2,2-3H3. The van der Waals surface area contributed by atoms with Gasteiger partial charge in [-0.3, -0.25) is 4.79 Å². The Morgan fingerprint density at radius 3 is 2.40 bits per heavy atom. The van der Waals surface area contributed by atoms with E-state index in [4.69, 9.17) is 4.74 Å². The maximum absolute atomic E-state index is 11.6. The van der Waals surface area contributed by atoms with Crippen LogP contribution in [0.4, 0.5) is 0 Å². The fraction of sp³-hybridized carbons (Fsp3) is 0.833. The smallest absolute Gasteiger partial charge is 0.306 e. The van der Waals surface area contributed by atoms with Gasteiger partial charge in [0.25, 0.3) is 0 Å². The minimum Gasteiger partial charge on any atom is -0.463 e. The quantitative estimate of drug-likeness (QED) is 0.228. The van der Waals surface area contributed by atoms with Gasteiger partial charge in [-0.2, -0.15) is 0 Å². The number of unbranched alkanes of at least 4 members (excludes halogenated alkanes) is 8. The number of rotatable bonds is 14. The van der Waals surface area contributed by atoms with Crippen molar-refractivity contribution >= 4 is 5.97 Å². The summed E-state index contributed by atoms with van der Waals surface area (Å²) < 4.78 is 5.43. The van der Waals surface area contributed by atoms with Gasteiger partial charge in [-0.15, -0.1) is 6.58 Å². The molecule has 0 spiro atoms. The minimum absolute atomic E-state index is 0.0133. The molecule has 1 unspecified atom stereocenters. The zero-order valence-electron chi connectivity index (χ0n) is 13.7. The van der Waals surface area contributed by atoms with Gasteiger partial charge < -0.3 is 4.74 Å². The lowest BCUT2D eigenvalue weighted by Crippen LogP contribution is -2.14. The van der Waals surface area contributed by atoms with E-state index in [0.29, 0.717) is 6.42 Å². The molecule has 20 heavy (non-hydrogen) atoms. The van der Waals surface area contributed by atoms with Crippen molar-refractivity contribution in [2.75, 3.05) is 0 Å². The number of ether oxygens (including phenoxy) is 1. The van der Waals surface area contributed by atoms with Gasteiger partial charge in [0.05, 0.1) is 6.10 Å². The number of allylic oxidation sites excluding steroid dienone is 1. The topological polar surface area (TPSA) is 26.3 Å². The Bertz CT molecular complexity index is 236. The van der Waals surface area contributed by atoms with Gasteiger partial charge in [0.15, 0.2) is 0 Å². The van der Waals surface area contributed by atoms with Crippen molar-refractivity contribution in [1.29, 1.82) is 0 Å². The van der Waals surface area contributed by atoms with Crippen LogP contribution in [-0.2, 0) is 9.53 Å². The highest BCUT2D eigenvalue weighted by atomic mass is 16.5. The van der Waals surface area contributed by atoms with Crippen molar-refractivity contribution in [1.82, 2.24) is 0 Å². The van der Waals surface area contributed by atoms with Crippen molar-refractivity contribution in [2.24, 2.45) is 0 Å². The van der Waals surface area contributed by atoms with E-state index < -0.39 is 0 Å². The summed E-state index contributed by atoms with van der Waals surface area (Å²) in [5.74, 6) is -0.0133. The van der Waals surface area contributed by atoms with Gasteiger partial charge in [0.2, 0.25) is 0 Å². The van der Waals surface area contributed by atoms with Gasteiger partial charge in [0, 0.05) is 6.42 Å². The molecule has 0 aromatic carbocycles. The van der Waals surface area contributed by atoms with Crippen molar-refractivity contribution in [3.8, 4) is 0 Å². The molecule has 0 bridgehead atoms. The first-order valence-corrected chi connectivity index (χ1v) is 8.51. The third-order valence-electron chi connectivity index (χ3n) is 3.59. The van der Waals surface area contributed by atoms with Crippen LogP contribution in [0.5, 0.6) is 0 Å². The summed E-state index contributed by atoms with van der Waals surface area (Å²) in [4.78, 5) is 11.6. The molecule has 0 aliphatic rings. The molecule has 118 valence electrons. The second-order valence-corrected chi connectivity index (χ2v) is 5.74. The number of carbonyl (C=O) groups is 1. The largest absolute Gasteiger partial charge is 0.463 e. The molecule has 0 aromatic rings. The summed E-state index contributed by atoms with van der Waals surface area (Å²) in [6.07, 6.45) is 15.5. The first-order valence-electron chi connectivity index (χ1n) is 8.51. The number of hydrogen-bond donors (Lipinski definition) is 0. The van der Waals surface area contributed by atoms with Crippen LogP contribution in [0, 0.1) is 0 Å². The van der Waals surface area contributed by atoms with Crippen LogP contribution >= 0.6 is 0 Å². The third kappa shape index (κ3) is 13.6. The van der Waals surface area contributed by atoms with Crippen LogP contribution in [0.2, 0.25) is 0 Å². The predicted molar refractivity (Wildman–Crippen MR) is 86.8 cm³/mol. The van der Waals surface area contributed by atoms with Gasteiger partial charge >= 0.3 is 5.97 Å². The first-order chi connectivity index (χ1) is 9.70. The molecule has 0 heterocycles. The van der Waals surface area contributed by atoms with E-state index in [1.807, 2.05) is 13.0 Å². The fourth-order valence-corrected chi connectivity index (χ4v) is 2.29. The van der Waals surface area contributed by atoms with E-state index in [1.165, 1.54) is 38.5 Å². The molecule has 0 N–H and O–H groups in total. The molecule has 0 saturated heterocycles. The SMILES string of the molecule is C=CCCCCCCC(C)OC(=O)CCCCCCC. The van der Waals surface area contributed by atoms with E-state index in [1.54, 1.807) is 0 Å². The Morgan fingerprint density at radius 1 is 1.05 bits per heavy atom. The Labute approximate surface area is 126 Å². The van der Waals surface area contributed by atoms with Gasteiger partial charge in [0.1, 0.15) is 0 Å². The van der Waals surface area contributed by atoms with Crippen LogP contribution in [0.3, 0.4) is 0 Å². The first kappa shape index (κ1) is 19.2. The normalized spacial score (nSPS) is 12.1. The highest BCUT2D eigenvalue weighted by Crippen LogP contribution is 2.11. The van der Waals surface area contributed by atoms with Crippen LogP contribution in [0.1, 0.15) is 90.9 Å². The summed E-state index contributed by atoms with van der Waals surface area (Å²) in [6.45, 7) is 7.94. The van der Waals surface area contributed by atoms with Gasteiger partial charge in [-0.05, 0) is 39.0 Å². The van der Waals surface area contributed by atoms with E-state index in [2.05, 4.69) is 13.5 Å². The Hall–Kier alpha value is -0.790. The predicted octanol–water partition coefficient (Wildman–Crippen LogP) is 5.81. The molecule has 0 aliphatic heterocycles. The van der Waals surface area contributed by atoms with E-state index in [-0.39, 0.29) is 12.1 Å². The van der Waals surface area contributed by atoms with Crippen LogP contribution in [0.15, 0.2) is 12.7 Å². The summed E-state index contributed by atoms with van der Waals surface area (Å²) in [6, 6.07) is 0. The molecule has 0 rings (SSSR count). The third-order valence-corrected chi connectivity index (χ3v) is 3.59. The second-order valence-electron chi connectivity index (χ2n) is 5.74. The van der Waals surface area contributed by atoms with E-state index in [0.717, 1.165) is 32.1 Å². The average Bonchev–Trinajstić information content (AvgIpc) is 2.42. The van der Waals surface area contributed by atoms with E-state index in [9.17, 15) is 4.79 Å². The lowest BCUT2D eigenvalue weighted by molar-refractivity contribution is -0.148. The minimum atomic E-state index is -0.0133. The Balaban J connectivity index is 3.38. The second kappa shape index (κ2) is 14.6. The van der Waals surface area contributed by atoms with Crippen LogP contribution in [0.25, 0.3) is 0 Å². The summed E-state index contributed by atoms with van der Waals surface area (Å²) >= 11 is 0. The molecule has 0 saturated carbocycles. The molecular formula is C18H34O2. The summed E-state index contributed by atoms with van der Waals surface area (Å²) in [5, 5.41) is 0. The lowest BCUT2D eigenvalue weighted by atomic mass is 10.1. The fourth-order valence-electron chi connectivity index (χ4n) is 2.29. The average molecular weight is 282 g/mol. The lowest BCUT2D eigenvalue weighted by Gasteiger charge is -2.13. The molecule has 0 aromatic heterocycles. The summed E-state index contributed by atoms with van der Waals surface area (Å²) in [7, 11) is 0. The Kier molecular flexibility index (Phi) is 14.0. The van der Waals surface area contributed by atoms with Crippen molar-refractivity contribution in [3.63, 3.8) is 0 Å². The molecular weight excluding hydrogens is 248 g/mol. The van der Waals surface area contributed by atoms with Crippen molar-refractivity contribution in [3.05, 3.63) is 12.7 Å². The molecule has 0 fully saturated rings. The van der Waals surface area contributed by atoms with Crippen molar-refractivity contribution in [2.45, 2.75) is 97.0 Å². The maximum Gasteiger partial charge on any atom is 0.306 e. The highest BCUT2D eigenvalue weighted by Gasteiger charge is 2.08. The van der Waals surface area contributed by atoms with E-state index >= 15 is 0 Å². The van der Waals surface area contributed by atoms with Gasteiger partial charge in [-0.1, -0.05) is 51.5 Å². The number of hydrogen-bond acceptors (Lipinski definition) is 2. The summed E-state index contributed by atoms with van der Waals surface area (Å²) in [5.41, 5.74) is 0. The highest BCUT2D eigenvalue weighted by molar-refractivity contribution is 5.69. The zero-order valence-corrected chi connectivity index (χ0v) is 13.7. The van der Waals surface area contributed by atoms with Crippen LogP contribution < -0.4 is 0 Å². The molecule has 2 heteroatoms. The zero-order chi connectivity index (χ0) is 15.1. The number of carbonyl (C=O) groups excluding carboxylic acids is 1. The molecule has 2 nitrogen and oxygen atoms in total.